The first-order chi connectivity index (χ1) is 7.49. The van der Waals surface area contributed by atoms with Crippen molar-refractivity contribution in [1.29, 1.82) is 0 Å². The summed E-state index contributed by atoms with van der Waals surface area (Å²) in [5, 5.41) is 0.476. The van der Waals surface area contributed by atoms with E-state index in [4.69, 9.17) is 0 Å². The molecule has 2 aromatic rings. The van der Waals surface area contributed by atoms with Crippen molar-refractivity contribution in [2.24, 2.45) is 0 Å². The topological polar surface area (TPSA) is 36.1 Å². The standard InChI is InChI=1S/C11H10F2N2O/c1-15(2)11(16)10-4-6-3-7(12)8(13)5-9(6)14-10/h3-5,14H,1-2H3. The second kappa shape index (κ2) is 3.59. The molecule has 1 aromatic heterocycles. The number of carbonyl (C=O) groups excluding carboxylic acids is 1. The van der Waals surface area contributed by atoms with Crippen molar-refractivity contribution in [3.8, 4) is 0 Å². The van der Waals surface area contributed by atoms with Gasteiger partial charge < -0.3 is 9.88 Å². The van der Waals surface area contributed by atoms with Gasteiger partial charge in [0.2, 0.25) is 0 Å². The van der Waals surface area contributed by atoms with Crippen LogP contribution in [0.4, 0.5) is 8.78 Å². The number of rotatable bonds is 1. The maximum absolute atomic E-state index is 12.9. The maximum atomic E-state index is 12.9. The zero-order valence-corrected chi connectivity index (χ0v) is 8.84. The molecule has 5 heteroatoms. The Kier molecular flexibility index (Phi) is 2.38. The number of benzene rings is 1. The monoisotopic (exact) mass is 224 g/mol. The van der Waals surface area contributed by atoms with Crippen molar-refractivity contribution in [1.82, 2.24) is 9.88 Å². The van der Waals surface area contributed by atoms with Gasteiger partial charge in [-0.2, -0.15) is 0 Å². The number of H-pyrrole nitrogens is 1. The minimum atomic E-state index is -0.932. The second-order valence-electron chi connectivity index (χ2n) is 3.74. The first-order valence-electron chi connectivity index (χ1n) is 4.68. The Morgan fingerprint density at radius 3 is 2.44 bits per heavy atom. The maximum Gasteiger partial charge on any atom is 0.269 e. The molecule has 0 aliphatic rings. The van der Waals surface area contributed by atoms with E-state index in [2.05, 4.69) is 4.98 Å². The second-order valence-corrected chi connectivity index (χ2v) is 3.74. The summed E-state index contributed by atoms with van der Waals surface area (Å²) in [7, 11) is 3.21. The van der Waals surface area contributed by atoms with E-state index in [0.29, 0.717) is 16.6 Å². The van der Waals surface area contributed by atoms with E-state index in [1.807, 2.05) is 0 Å². The molecule has 0 atom stereocenters. The predicted octanol–water partition coefficient (Wildman–Crippen LogP) is 2.15. The number of fused-ring (bicyclic) bond motifs is 1. The lowest BCUT2D eigenvalue weighted by atomic mass is 10.2. The highest BCUT2D eigenvalue weighted by Crippen LogP contribution is 2.19. The van der Waals surface area contributed by atoms with Crippen LogP contribution in [0.3, 0.4) is 0 Å². The van der Waals surface area contributed by atoms with Crippen molar-refractivity contribution in [2.45, 2.75) is 0 Å². The van der Waals surface area contributed by atoms with E-state index < -0.39 is 11.6 Å². The largest absolute Gasteiger partial charge is 0.350 e. The lowest BCUT2D eigenvalue weighted by molar-refractivity contribution is 0.0823. The minimum absolute atomic E-state index is 0.239. The van der Waals surface area contributed by atoms with Crippen molar-refractivity contribution < 1.29 is 13.6 Å². The van der Waals surface area contributed by atoms with Gasteiger partial charge in [0.25, 0.3) is 5.91 Å². The molecule has 1 amide bonds. The molecule has 0 radical (unpaired) electrons. The number of carbonyl (C=O) groups is 1. The Morgan fingerprint density at radius 2 is 1.81 bits per heavy atom. The zero-order chi connectivity index (χ0) is 11.9. The molecule has 1 heterocycles. The number of hydrogen-bond donors (Lipinski definition) is 1. The minimum Gasteiger partial charge on any atom is -0.350 e. The van der Waals surface area contributed by atoms with Crippen LogP contribution in [0.5, 0.6) is 0 Å². The van der Waals surface area contributed by atoms with Crippen molar-refractivity contribution in [2.75, 3.05) is 14.1 Å². The quantitative estimate of drug-likeness (QED) is 0.791. The van der Waals surface area contributed by atoms with Crippen LogP contribution in [-0.2, 0) is 0 Å². The van der Waals surface area contributed by atoms with Gasteiger partial charge in [0.05, 0.1) is 0 Å². The number of amides is 1. The number of aromatic nitrogens is 1. The van der Waals surface area contributed by atoms with Gasteiger partial charge in [-0.05, 0) is 12.1 Å². The number of halogens is 2. The van der Waals surface area contributed by atoms with Crippen molar-refractivity contribution in [3.63, 3.8) is 0 Å². The average Bonchev–Trinajstić information content (AvgIpc) is 2.60. The Balaban J connectivity index is 2.56. The van der Waals surface area contributed by atoms with E-state index in [-0.39, 0.29) is 5.91 Å². The fourth-order valence-corrected chi connectivity index (χ4v) is 1.48. The summed E-state index contributed by atoms with van der Waals surface area (Å²) in [6.45, 7) is 0. The van der Waals surface area contributed by atoms with Crippen LogP contribution >= 0.6 is 0 Å². The van der Waals surface area contributed by atoms with Gasteiger partial charge in [0, 0.05) is 31.1 Å². The molecule has 0 fully saturated rings. The van der Waals surface area contributed by atoms with Gasteiger partial charge in [-0.3, -0.25) is 4.79 Å². The molecule has 0 unspecified atom stereocenters. The summed E-state index contributed by atoms with van der Waals surface area (Å²) in [6, 6.07) is 3.60. The lowest BCUT2D eigenvalue weighted by Gasteiger charge is -2.07. The van der Waals surface area contributed by atoms with Gasteiger partial charge in [-0.25, -0.2) is 8.78 Å². The third-order valence-electron chi connectivity index (χ3n) is 2.30. The summed E-state index contributed by atoms with van der Waals surface area (Å²) in [5.41, 5.74) is 0.717. The van der Waals surface area contributed by atoms with Gasteiger partial charge in [0.1, 0.15) is 5.69 Å². The Bertz CT molecular complexity index is 521. The summed E-state index contributed by atoms with van der Waals surface area (Å²) in [6.07, 6.45) is 0. The summed E-state index contributed by atoms with van der Waals surface area (Å²) in [4.78, 5) is 15.7. The highest BCUT2D eigenvalue weighted by Gasteiger charge is 2.13. The van der Waals surface area contributed by atoms with Crippen molar-refractivity contribution >= 4 is 16.8 Å². The molecule has 3 nitrogen and oxygen atoms in total. The molecule has 1 N–H and O–H groups in total. The van der Waals surface area contributed by atoms with E-state index in [1.165, 1.54) is 11.0 Å². The van der Waals surface area contributed by atoms with E-state index in [1.54, 1.807) is 14.1 Å². The molecule has 0 spiro atoms. The van der Waals surface area contributed by atoms with Crippen LogP contribution in [0, 0.1) is 11.6 Å². The van der Waals surface area contributed by atoms with Crippen LogP contribution in [0.25, 0.3) is 10.9 Å². The number of nitrogens with zero attached hydrogens (tertiary/aromatic N) is 1. The predicted molar refractivity (Wildman–Crippen MR) is 56.2 cm³/mol. The molecular formula is C11H10F2N2O. The molecular weight excluding hydrogens is 214 g/mol. The first kappa shape index (κ1) is 10.6. The van der Waals surface area contributed by atoms with E-state index in [0.717, 1.165) is 12.1 Å². The van der Waals surface area contributed by atoms with E-state index in [9.17, 15) is 13.6 Å². The van der Waals surface area contributed by atoms with Crippen LogP contribution in [0.15, 0.2) is 18.2 Å². The zero-order valence-electron chi connectivity index (χ0n) is 8.84. The molecule has 0 aliphatic carbocycles. The van der Waals surface area contributed by atoms with Crippen LogP contribution in [0.1, 0.15) is 10.5 Å². The Labute approximate surface area is 90.7 Å². The Morgan fingerprint density at radius 1 is 1.19 bits per heavy atom. The van der Waals surface area contributed by atoms with Gasteiger partial charge in [0.15, 0.2) is 11.6 Å². The molecule has 84 valence electrons. The third-order valence-corrected chi connectivity index (χ3v) is 2.30. The number of aromatic amines is 1. The van der Waals surface area contributed by atoms with Crippen molar-refractivity contribution in [3.05, 3.63) is 35.5 Å². The smallest absolute Gasteiger partial charge is 0.269 e. The van der Waals surface area contributed by atoms with Gasteiger partial charge in [-0.1, -0.05) is 0 Å². The highest BCUT2D eigenvalue weighted by molar-refractivity contribution is 5.97. The van der Waals surface area contributed by atoms with Gasteiger partial charge in [-0.15, -0.1) is 0 Å². The number of nitrogens with one attached hydrogen (secondary N) is 1. The molecule has 16 heavy (non-hydrogen) atoms. The molecule has 0 saturated carbocycles. The molecule has 0 aliphatic heterocycles. The average molecular weight is 224 g/mol. The van der Waals surface area contributed by atoms with Crippen LogP contribution in [-0.4, -0.2) is 29.9 Å². The summed E-state index contributed by atoms with van der Waals surface area (Å²) < 4.78 is 25.9. The number of hydrogen-bond acceptors (Lipinski definition) is 1. The van der Waals surface area contributed by atoms with Crippen LogP contribution < -0.4 is 0 Å². The van der Waals surface area contributed by atoms with E-state index >= 15 is 0 Å². The Hall–Kier alpha value is -1.91. The van der Waals surface area contributed by atoms with Gasteiger partial charge >= 0.3 is 0 Å². The fourth-order valence-electron chi connectivity index (χ4n) is 1.48. The molecule has 0 bridgehead atoms. The highest BCUT2D eigenvalue weighted by atomic mass is 19.2. The normalized spacial score (nSPS) is 10.8. The molecule has 0 saturated heterocycles. The SMILES string of the molecule is CN(C)C(=O)c1cc2cc(F)c(F)cc2[nH]1. The fraction of sp³-hybridized carbons (Fsp3) is 0.182. The third kappa shape index (κ3) is 1.64. The summed E-state index contributed by atoms with van der Waals surface area (Å²) >= 11 is 0. The molecule has 1 aromatic carbocycles. The van der Waals surface area contributed by atoms with Crippen LogP contribution in [0.2, 0.25) is 0 Å². The first-order valence-corrected chi connectivity index (χ1v) is 4.68. The lowest BCUT2D eigenvalue weighted by Crippen LogP contribution is -2.21. The summed E-state index contributed by atoms with van der Waals surface area (Å²) in [5.74, 6) is -2.09. The molecule has 2 rings (SSSR count).